The van der Waals surface area contributed by atoms with E-state index in [9.17, 15) is 19.1 Å². The molecule has 2 aromatic carbocycles. The summed E-state index contributed by atoms with van der Waals surface area (Å²) in [6, 6.07) is 7.48. The number of nitrogens with zero attached hydrogens (tertiary/aromatic N) is 3. The molecule has 12 heteroatoms. The van der Waals surface area contributed by atoms with Gasteiger partial charge in [0.1, 0.15) is 11.9 Å². The fourth-order valence-corrected chi connectivity index (χ4v) is 5.33. The molecule has 0 bridgehead atoms. The fourth-order valence-electron chi connectivity index (χ4n) is 4.88. The second-order valence-corrected chi connectivity index (χ2v) is 10.6. The molecule has 210 valence electrons. The molecule has 40 heavy (non-hydrogen) atoms. The van der Waals surface area contributed by atoms with Gasteiger partial charge < -0.3 is 25.4 Å². The average molecular weight is 588 g/mol. The first-order valence-electron chi connectivity index (χ1n) is 12.9. The van der Waals surface area contributed by atoms with E-state index in [0.717, 1.165) is 24.5 Å². The fraction of sp³-hybridized carbons (Fsp3) is 0.357. The highest BCUT2D eigenvalue weighted by Gasteiger charge is 2.35. The van der Waals surface area contributed by atoms with Crippen molar-refractivity contribution in [1.29, 1.82) is 0 Å². The van der Waals surface area contributed by atoms with Crippen LogP contribution in [0.3, 0.4) is 0 Å². The van der Waals surface area contributed by atoms with Crippen LogP contribution < -0.4 is 10.6 Å². The lowest BCUT2D eigenvalue weighted by Crippen LogP contribution is -2.46. The Morgan fingerprint density at radius 2 is 1.98 bits per heavy atom. The van der Waals surface area contributed by atoms with Crippen LogP contribution in [0.15, 0.2) is 42.6 Å². The molecule has 2 atom stereocenters. The lowest BCUT2D eigenvalue weighted by Gasteiger charge is -2.26. The van der Waals surface area contributed by atoms with Crippen LogP contribution in [0.1, 0.15) is 47.3 Å². The molecule has 0 aliphatic carbocycles. The Hall–Kier alpha value is -3.31. The van der Waals surface area contributed by atoms with Crippen LogP contribution in [-0.4, -0.2) is 63.7 Å². The molecule has 9 nitrogen and oxygen atoms in total. The molecule has 3 heterocycles. The van der Waals surface area contributed by atoms with Crippen LogP contribution in [-0.2, 0) is 16.1 Å². The van der Waals surface area contributed by atoms with Gasteiger partial charge in [0, 0.05) is 41.9 Å². The number of rotatable bonds is 8. The van der Waals surface area contributed by atoms with Crippen LogP contribution in [0.2, 0.25) is 10.0 Å². The molecule has 0 radical (unpaired) electrons. The van der Waals surface area contributed by atoms with Gasteiger partial charge in [0.25, 0.3) is 5.91 Å². The van der Waals surface area contributed by atoms with Gasteiger partial charge in [0.05, 0.1) is 29.6 Å². The van der Waals surface area contributed by atoms with E-state index in [1.165, 1.54) is 23.2 Å². The van der Waals surface area contributed by atoms with E-state index in [1.54, 1.807) is 13.0 Å². The van der Waals surface area contributed by atoms with Crippen molar-refractivity contribution in [2.24, 2.45) is 0 Å². The predicted molar refractivity (Wildman–Crippen MR) is 149 cm³/mol. The molecule has 3 N–H and O–H groups in total. The smallest absolute Gasteiger partial charge is 0.255 e. The molecule has 2 aliphatic heterocycles. The third-order valence-electron chi connectivity index (χ3n) is 7.19. The summed E-state index contributed by atoms with van der Waals surface area (Å²) < 4.78 is 19.2. The Morgan fingerprint density at radius 1 is 1.20 bits per heavy atom. The van der Waals surface area contributed by atoms with E-state index in [2.05, 4.69) is 20.6 Å². The highest BCUT2D eigenvalue weighted by Crippen LogP contribution is 2.33. The molecule has 0 spiro atoms. The number of aromatic nitrogens is 2. The summed E-state index contributed by atoms with van der Waals surface area (Å²) in [4.78, 5) is 36.8. The quantitative estimate of drug-likeness (QED) is 0.358. The van der Waals surface area contributed by atoms with Crippen LogP contribution >= 0.6 is 23.2 Å². The molecule has 1 saturated heterocycles. The van der Waals surface area contributed by atoms with Crippen molar-refractivity contribution in [3.63, 3.8) is 0 Å². The van der Waals surface area contributed by atoms with E-state index in [1.807, 2.05) is 12.1 Å². The number of nitrogens with one attached hydrogen (secondary N) is 2. The van der Waals surface area contributed by atoms with Gasteiger partial charge in [-0.1, -0.05) is 35.3 Å². The molecule has 3 aromatic rings. The molecule has 5 rings (SSSR count). The zero-order valence-corrected chi connectivity index (χ0v) is 23.2. The Kier molecular flexibility index (Phi) is 8.51. The number of carbonyl (C=O) groups is 2. The lowest BCUT2D eigenvalue weighted by molar-refractivity contribution is -0.126. The average Bonchev–Trinajstić information content (AvgIpc) is 3.29. The van der Waals surface area contributed by atoms with Gasteiger partial charge in [0.15, 0.2) is 0 Å². The normalized spacial score (nSPS) is 16.9. The van der Waals surface area contributed by atoms with E-state index < -0.39 is 30.4 Å². The lowest BCUT2D eigenvalue weighted by atomic mass is 10.0. The van der Waals surface area contributed by atoms with Gasteiger partial charge in [-0.25, -0.2) is 14.4 Å². The van der Waals surface area contributed by atoms with Gasteiger partial charge in [-0.2, -0.15) is 0 Å². The zero-order chi connectivity index (χ0) is 28.4. The first-order valence-corrected chi connectivity index (χ1v) is 13.7. The Morgan fingerprint density at radius 3 is 2.73 bits per heavy atom. The summed E-state index contributed by atoms with van der Waals surface area (Å²) >= 11 is 12.6. The number of amides is 2. The standard InChI is InChI=1S/C28H28Cl2FN5O4/c1-15(26(38)34-24(14-37)21-11-18(31)4-5-22(21)29)36-13-17-3-2-16(10-20(17)27(36)39)25-23(30)12-32-28(35-25)33-19-6-8-40-9-7-19/h2-5,10-12,15,19,24,37H,6-9,13-14H2,1H3,(H,34,38)(H,32,33,35)/t15-,24-/m1/s1. The molecular formula is C28H28Cl2FN5O4. The number of aliphatic hydroxyl groups excluding tert-OH is 1. The molecule has 0 unspecified atom stereocenters. The van der Waals surface area contributed by atoms with E-state index in [0.29, 0.717) is 41.0 Å². The molecule has 1 fully saturated rings. The van der Waals surface area contributed by atoms with E-state index >= 15 is 0 Å². The van der Waals surface area contributed by atoms with Crippen LogP contribution in [0.5, 0.6) is 0 Å². The third kappa shape index (κ3) is 5.90. The monoisotopic (exact) mass is 587 g/mol. The van der Waals surface area contributed by atoms with E-state index in [4.69, 9.17) is 27.9 Å². The number of hydrogen-bond acceptors (Lipinski definition) is 7. The third-order valence-corrected chi connectivity index (χ3v) is 7.81. The molecule has 1 aromatic heterocycles. The number of fused-ring (bicyclic) bond motifs is 1. The molecule has 2 aliphatic rings. The number of benzene rings is 2. The van der Waals surface area contributed by atoms with Crippen LogP contribution in [0, 0.1) is 5.82 Å². The SMILES string of the molecule is C[C@H](C(=O)N[C@H](CO)c1cc(F)ccc1Cl)N1Cc2ccc(-c3nc(NC4CCOCC4)ncc3Cl)cc2C1=O. The molecule has 0 saturated carbocycles. The van der Waals surface area contributed by atoms with E-state index in [-0.39, 0.29) is 29.1 Å². The van der Waals surface area contributed by atoms with Crippen molar-refractivity contribution in [3.05, 3.63) is 75.1 Å². The summed E-state index contributed by atoms with van der Waals surface area (Å²) in [7, 11) is 0. The highest BCUT2D eigenvalue weighted by atomic mass is 35.5. The van der Waals surface area contributed by atoms with Crippen molar-refractivity contribution in [2.75, 3.05) is 25.1 Å². The number of anilines is 1. The summed E-state index contributed by atoms with van der Waals surface area (Å²) in [6.45, 7) is 2.68. The Balaban J connectivity index is 1.31. The topological polar surface area (TPSA) is 117 Å². The van der Waals surface area contributed by atoms with Gasteiger partial charge >= 0.3 is 0 Å². The van der Waals surface area contributed by atoms with Crippen molar-refractivity contribution in [1.82, 2.24) is 20.2 Å². The largest absolute Gasteiger partial charge is 0.394 e. The number of ether oxygens (including phenoxy) is 1. The first kappa shape index (κ1) is 28.2. The predicted octanol–water partition coefficient (Wildman–Crippen LogP) is 4.37. The van der Waals surface area contributed by atoms with Gasteiger partial charge in [0.2, 0.25) is 11.9 Å². The Labute approximate surface area is 240 Å². The van der Waals surface area contributed by atoms with Crippen molar-refractivity contribution >= 4 is 41.0 Å². The van der Waals surface area contributed by atoms with Crippen molar-refractivity contribution in [2.45, 2.75) is 44.4 Å². The molecular weight excluding hydrogens is 560 g/mol. The maximum absolute atomic E-state index is 13.8. The second kappa shape index (κ2) is 12.1. The summed E-state index contributed by atoms with van der Waals surface area (Å²) in [5, 5.41) is 16.4. The minimum atomic E-state index is -0.936. The Bertz CT molecular complexity index is 1440. The zero-order valence-electron chi connectivity index (χ0n) is 21.7. The number of hydrogen-bond donors (Lipinski definition) is 3. The maximum atomic E-state index is 13.8. The minimum Gasteiger partial charge on any atom is -0.394 e. The van der Waals surface area contributed by atoms with Gasteiger partial charge in [-0.15, -0.1) is 0 Å². The highest BCUT2D eigenvalue weighted by molar-refractivity contribution is 6.33. The minimum absolute atomic E-state index is 0.202. The van der Waals surface area contributed by atoms with Crippen molar-refractivity contribution in [3.8, 4) is 11.3 Å². The number of halogens is 3. The summed E-state index contributed by atoms with van der Waals surface area (Å²) in [5.41, 5.74) is 2.58. The maximum Gasteiger partial charge on any atom is 0.255 e. The summed E-state index contributed by atoms with van der Waals surface area (Å²) in [5.74, 6) is -0.934. The first-order chi connectivity index (χ1) is 19.2. The number of carbonyl (C=O) groups excluding carboxylic acids is 2. The van der Waals surface area contributed by atoms with Crippen LogP contribution in [0.25, 0.3) is 11.3 Å². The van der Waals surface area contributed by atoms with Crippen molar-refractivity contribution < 1.29 is 23.8 Å². The van der Waals surface area contributed by atoms with Crippen LogP contribution in [0.4, 0.5) is 10.3 Å². The van der Waals surface area contributed by atoms with Gasteiger partial charge in [-0.3, -0.25) is 9.59 Å². The second-order valence-electron chi connectivity index (χ2n) is 9.81. The van der Waals surface area contributed by atoms with Gasteiger partial charge in [-0.05, 0) is 55.2 Å². The molecule has 2 amide bonds. The summed E-state index contributed by atoms with van der Waals surface area (Å²) in [6.07, 6.45) is 3.23. The number of aliphatic hydroxyl groups is 1.